The predicted octanol–water partition coefficient (Wildman–Crippen LogP) is 6.62. The van der Waals surface area contributed by atoms with E-state index in [1.807, 2.05) is 61.5 Å². The van der Waals surface area contributed by atoms with Gasteiger partial charge in [0.2, 0.25) is 18.1 Å². The molecule has 0 aromatic heterocycles. The van der Waals surface area contributed by atoms with Crippen molar-refractivity contribution in [3.05, 3.63) is 60.2 Å². The van der Waals surface area contributed by atoms with Gasteiger partial charge in [-0.15, -0.1) is 0 Å². The fourth-order valence-electron chi connectivity index (χ4n) is 7.74. The quantitative estimate of drug-likeness (QED) is 0.195. The molecule has 5 unspecified atom stereocenters. The van der Waals surface area contributed by atoms with Crippen molar-refractivity contribution in [3.63, 3.8) is 0 Å². The Morgan fingerprint density at radius 3 is 1.74 bits per heavy atom. The Balaban J connectivity index is 1.33. The number of esters is 2. The fourth-order valence-corrected chi connectivity index (χ4v) is 7.74. The predicted molar refractivity (Wildman–Crippen MR) is 182 cm³/mol. The van der Waals surface area contributed by atoms with Crippen LogP contribution < -0.4 is 4.74 Å². The maximum absolute atomic E-state index is 14.1. The lowest BCUT2D eigenvalue weighted by molar-refractivity contribution is -0.191. The van der Waals surface area contributed by atoms with Crippen molar-refractivity contribution in [1.29, 1.82) is 0 Å². The second-order valence-corrected chi connectivity index (χ2v) is 14.0. The van der Waals surface area contributed by atoms with Gasteiger partial charge < -0.3 is 29.3 Å². The fraction of sp³-hybridized carbons (Fsp3) is 0.564. The van der Waals surface area contributed by atoms with Crippen LogP contribution in [-0.4, -0.2) is 63.7 Å². The zero-order valence-electron chi connectivity index (χ0n) is 28.7. The van der Waals surface area contributed by atoms with E-state index >= 15 is 0 Å². The Morgan fingerprint density at radius 1 is 0.700 bits per heavy atom. The van der Waals surface area contributed by atoms with Crippen molar-refractivity contribution in [2.24, 2.45) is 29.6 Å². The third-order valence-electron chi connectivity index (χ3n) is 10.5. The van der Waals surface area contributed by atoms with Gasteiger partial charge in [0.05, 0.1) is 17.8 Å². The van der Waals surface area contributed by atoms with Crippen LogP contribution in [0.5, 0.6) is 11.5 Å². The van der Waals surface area contributed by atoms with Crippen LogP contribution >= 0.6 is 0 Å². The van der Waals surface area contributed by atoms with E-state index in [0.717, 1.165) is 44.1 Å². The molecule has 0 aliphatic heterocycles. The first kappa shape index (κ1) is 36.9. The summed E-state index contributed by atoms with van der Waals surface area (Å²) >= 11 is 0. The van der Waals surface area contributed by atoms with Gasteiger partial charge in [0, 0.05) is 24.9 Å². The second kappa shape index (κ2) is 17.5. The molecular weight excluding hydrogens is 642 g/mol. The normalized spacial score (nSPS) is 22.3. The van der Waals surface area contributed by atoms with Crippen molar-refractivity contribution in [2.75, 3.05) is 6.54 Å². The summed E-state index contributed by atoms with van der Waals surface area (Å²) in [4.78, 5) is 67.7. The Bertz CT molecular complexity index is 1470. The van der Waals surface area contributed by atoms with Crippen LogP contribution in [0.1, 0.15) is 89.5 Å². The number of amides is 1. The molecule has 0 radical (unpaired) electrons. The number of benzene rings is 2. The lowest BCUT2D eigenvalue weighted by atomic mass is 9.63. The van der Waals surface area contributed by atoms with E-state index in [2.05, 4.69) is 0 Å². The molecule has 3 aliphatic rings. The number of hydrogen-bond donors (Lipinski definition) is 2. The highest BCUT2D eigenvalue weighted by Crippen LogP contribution is 2.45. The highest BCUT2D eigenvalue weighted by molar-refractivity contribution is 5.94. The molecule has 3 aliphatic carbocycles. The molecule has 270 valence electrons. The maximum Gasteiger partial charge on any atom is 0.345 e. The zero-order valence-corrected chi connectivity index (χ0v) is 28.7. The van der Waals surface area contributed by atoms with Gasteiger partial charge in [0.15, 0.2) is 0 Å². The largest absolute Gasteiger partial charge is 0.478 e. The molecule has 0 spiro atoms. The Hall–Kier alpha value is -4.41. The Labute approximate surface area is 293 Å². The Morgan fingerprint density at radius 2 is 1.22 bits per heavy atom. The molecule has 2 N–H and O–H groups in total. The third kappa shape index (κ3) is 9.22. The molecule has 3 fully saturated rings. The molecule has 5 atom stereocenters. The van der Waals surface area contributed by atoms with E-state index in [4.69, 9.17) is 14.2 Å². The third-order valence-corrected chi connectivity index (χ3v) is 10.5. The van der Waals surface area contributed by atoms with Crippen LogP contribution in [0.15, 0.2) is 54.6 Å². The molecule has 0 saturated heterocycles. The van der Waals surface area contributed by atoms with Crippen LogP contribution in [-0.2, 0) is 40.0 Å². The number of ether oxygens (including phenoxy) is 3. The van der Waals surface area contributed by atoms with Gasteiger partial charge in [-0.25, -0.2) is 9.59 Å². The standard InChI is InChI=1S/C39H49NO10/c1-2-22-40(24-25-18-20-29(21-19-25)48-28-16-10-5-11-17-28)35(41)30-23-31(38(46)49-33(36(42)43)26-12-6-3-7-13-26)32(30)39(47)50-34(37(44)45)27-14-8-4-9-15-27/h5,10-11,16-21,26-27,30-34H,2-4,6-9,12-15,22-24H2,1H3,(H,42,43)(H,44,45). The number of carboxylic acids is 2. The van der Waals surface area contributed by atoms with Crippen LogP contribution in [0.25, 0.3) is 0 Å². The van der Waals surface area contributed by atoms with Gasteiger partial charge in [-0.05, 0) is 68.4 Å². The number of nitrogens with zero attached hydrogens (tertiary/aromatic N) is 1. The first-order valence-electron chi connectivity index (χ1n) is 18.1. The van der Waals surface area contributed by atoms with Crippen LogP contribution in [0, 0.1) is 29.6 Å². The lowest BCUT2D eigenvalue weighted by Gasteiger charge is -2.43. The van der Waals surface area contributed by atoms with E-state index < -0.39 is 53.8 Å². The van der Waals surface area contributed by atoms with Gasteiger partial charge in [0.1, 0.15) is 11.5 Å². The summed E-state index contributed by atoms with van der Waals surface area (Å²) in [5.74, 6) is -7.39. The smallest absolute Gasteiger partial charge is 0.345 e. The average Bonchev–Trinajstić information content (AvgIpc) is 3.10. The monoisotopic (exact) mass is 691 g/mol. The molecular formula is C39H49NO10. The minimum absolute atomic E-state index is 0.0281. The van der Waals surface area contributed by atoms with E-state index in [-0.39, 0.29) is 30.7 Å². The lowest BCUT2D eigenvalue weighted by Crippen LogP contribution is -2.56. The minimum Gasteiger partial charge on any atom is -0.478 e. The van der Waals surface area contributed by atoms with Gasteiger partial charge in [-0.3, -0.25) is 14.4 Å². The number of aliphatic carboxylic acids is 2. The molecule has 11 heteroatoms. The van der Waals surface area contributed by atoms with Crippen LogP contribution in [0.4, 0.5) is 0 Å². The van der Waals surface area contributed by atoms with Crippen molar-refractivity contribution in [1.82, 2.24) is 4.90 Å². The molecule has 1 amide bonds. The van der Waals surface area contributed by atoms with Gasteiger partial charge in [-0.1, -0.05) is 75.8 Å². The number of rotatable bonds is 15. The van der Waals surface area contributed by atoms with Gasteiger partial charge in [-0.2, -0.15) is 0 Å². The van der Waals surface area contributed by atoms with Crippen LogP contribution in [0.3, 0.4) is 0 Å². The summed E-state index contributed by atoms with van der Waals surface area (Å²) in [5, 5.41) is 20.0. The SMILES string of the molecule is CCCN(Cc1ccc(Oc2ccccc2)cc1)C(=O)C1CC(C(=O)OC(C(=O)O)C2CCCCC2)C1C(=O)OC(C(=O)O)C1CCCCC1. The van der Waals surface area contributed by atoms with Crippen LogP contribution in [0.2, 0.25) is 0 Å². The molecule has 11 nitrogen and oxygen atoms in total. The maximum atomic E-state index is 14.1. The number of para-hydroxylation sites is 1. The second-order valence-electron chi connectivity index (χ2n) is 14.0. The van der Waals surface area contributed by atoms with Gasteiger partial charge in [0.25, 0.3) is 0 Å². The molecule has 50 heavy (non-hydrogen) atoms. The number of hydrogen-bond acceptors (Lipinski definition) is 8. The minimum atomic E-state index is -1.40. The highest BCUT2D eigenvalue weighted by atomic mass is 16.6. The Kier molecular flexibility index (Phi) is 12.9. The summed E-state index contributed by atoms with van der Waals surface area (Å²) in [6, 6.07) is 16.7. The molecule has 0 bridgehead atoms. The molecule has 0 heterocycles. The summed E-state index contributed by atoms with van der Waals surface area (Å²) in [6.45, 7) is 2.56. The number of carbonyl (C=O) groups is 5. The number of carboxylic acid groups (broad SMARTS) is 2. The first-order chi connectivity index (χ1) is 24.2. The van der Waals surface area contributed by atoms with E-state index in [9.17, 15) is 34.2 Å². The summed E-state index contributed by atoms with van der Waals surface area (Å²) in [5.41, 5.74) is 0.835. The molecule has 3 saturated carbocycles. The summed E-state index contributed by atoms with van der Waals surface area (Å²) < 4.78 is 17.1. The average molecular weight is 692 g/mol. The van der Waals surface area contributed by atoms with Crippen molar-refractivity contribution < 1.29 is 48.4 Å². The first-order valence-corrected chi connectivity index (χ1v) is 18.1. The number of carbonyl (C=O) groups excluding carboxylic acids is 3. The van der Waals surface area contributed by atoms with E-state index in [1.165, 1.54) is 0 Å². The van der Waals surface area contributed by atoms with E-state index in [0.29, 0.717) is 50.1 Å². The highest BCUT2D eigenvalue weighted by Gasteiger charge is 2.56. The molecule has 2 aromatic rings. The van der Waals surface area contributed by atoms with Gasteiger partial charge >= 0.3 is 23.9 Å². The topological polar surface area (TPSA) is 157 Å². The summed E-state index contributed by atoms with van der Waals surface area (Å²) in [6.07, 6.45) is 5.61. The van der Waals surface area contributed by atoms with Crippen molar-refractivity contribution in [2.45, 2.75) is 103 Å². The summed E-state index contributed by atoms with van der Waals surface area (Å²) in [7, 11) is 0. The van der Waals surface area contributed by atoms with E-state index in [1.54, 1.807) is 4.90 Å². The zero-order chi connectivity index (χ0) is 35.6. The molecule has 2 aromatic carbocycles. The van der Waals surface area contributed by atoms with Crippen molar-refractivity contribution in [3.8, 4) is 11.5 Å². The molecule has 5 rings (SSSR count). The van der Waals surface area contributed by atoms with Crippen molar-refractivity contribution >= 4 is 29.8 Å².